The van der Waals surface area contributed by atoms with Crippen LogP contribution in [-0.4, -0.2) is 11.1 Å². The van der Waals surface area contributed by atoms with Crippen molar-refractivity contribution in [2.24, 2.45) is 0 Å². The highest BCUT2D eigenvalue weighted by atomic mass is 16.5. The second-order valence-corrected chi connectivity index (χ2v) is 7.38. The minimum absolute atomic E-state index is 0.0915. The Labute approximate surface area is 171 Å². The fourth-order valence-corrected chi connectivity index (χ4v) is 3.16. The van der Waals surface area contributed by atoms with Crippen LogP contribution in [0, 0.1) is 27.7 Å². The van der Waals surface area contributed by atoms with Crippen molar-refractivity contribution in [3.05, 3.63) is 93.5 Å². The second-order valence-electron chi connectivity index (χ2n) is 7.38. The summed E-state index contributed by atoms with van der Waals surface area (Å²) in [4.78, 5) is 11.7. The Balaban J connectivity index is 1.87. The average molecular weight is 390 g/mol. The van der Waals surface area contributed by atoms with Crippen LogP contribution in [-0.2, 0) is 13.2 Å². The first-order valence-corrected chi connectivity index (χ1v) is 9.59. The van der Waals surface area contributed by atoms with Gasteiger partial charge >= 0.3 is 5.97 Å². The van der Waals surface area contributed by atoms with E-state index in [-0.39, 0.29) is 17.9 Å². The van der Waals surface area contributed by atoms with Gasteiger partial charge in [-0.3, -0.25) is 0 Å². The molecule has 4 heteroatoms. The zero-order valence-electron chi connectivity index (χ0n) is 17.3. The molecule has 4 nitrogen and oxygen atoms in total. The first kappa shape index (κ1) is 20.5. The Morgan fingerprint density at radius 1 is 0.793 bits per heavy atom. The van der Waals surface area contributed by atoms with E-state index in [1.807, 2.05) is 39.8 Å². The zero-order chi connectivity index (χ0) is 21.0. The summed E-state index contributed by atoms with van der Waals surface area (Å²) in [5.41, 5.74) is 6.68. The van der Waals surface area contributed by atoms with Gasteiger partial charge in [0.2, 0.25) is 0 Å². The number of benzene rings is 3. The summed E-state index contributed by atoms with van der Waals surface area (Å²) in [6, 6.07) is 17.3. The van der Waals surface area contributed by atoms with Crippen LogP contribution in [0.25, 0.3) is 0 Å². The Morgan fingerprint density at radius 2 is 1.34 bits per heavy atom. The maximum atomic E-state index is 11.7. The van der Waals surface area contributed by atoms with Crippen LogP contribution in [0.2, 0.25) is 0 Å². The summed E-state index contributed by atoms with van der Waals surface area (Å²) < 4.78 is 12.0. The molecule has 0 saturated heterocycles. The van der Waals surface area contributed by atoms with Crippen molar-refractivity contribution < 1.29 is 19.4 Å². The Kier molecular flexibility index (Phi) is 6.23. The number of hydrogen-bond donors (Lipinski definition) is 1. The molecular formula is C25H26O4. The lowest BCUT2D eigenvalue weighted by Gasteiger charge is -2.17. The van der Waals surface area contributed by atoms with Crippen molar-refractivity contribution in [1.29, 1.82) is 0 Å². The number of carboxylic acid groups (broad SMARTS) is 1. The number of ether oxygens (including phenoxy) is 2. The van der Waals surface area contributed by atoms with Gasteiger partial charge in [0, 0.05) is 0 Å². The van der Waals surface area contributed by atoms with Crippen LogP contribution in [0.1, 0.15) is 43.7 Å². The molecule has 0 aromatic heterocycles. The molecule has 1 N–H and O–H groups in total. The van der Waals surface area contributed by atoms with Crippen LogP contribution in [0.4, 0.5) is 0 Å². The minimum atomic E-state index is -1.04. The van der Waals surface area contributed by atoms with Crippen LogP contribution in [0.3, 0.4) is 0 Å². The van der Waals surface area contributed by atoms with Gasteiger partial charge in [-0.1, -0.05) is 53.6 Å². The highest BCUT2D eigenvalue weighted by Crippen LogP contribution is 2.33. The summed E-state index contributed by atoms with van der Waals surface area (Å²) in [6.07, 6.45) is 0. The molecule has 0 heterocycles. The van der Waals surface area contributed by atoms with Gasteiger partial charge in [0.15, 0.2) is 11.5 Å². The third-order valence-electron chi connectivity index (χ3n) is 4.97. The van der Waals surface area contributed by atoms with Gasteiger partial charge in [0.1, 0.15) is 18.8 Å². The van der Waals surface area contributed by atoms with E-state index < -0.39 is 5.97 Å². The number of para-hydroxylation sites is 1. The molecule has 0 bridgehead atoms. The third kappa shape index (κ3) is 4.96. The summed E-state index contributed by atoms with van der Waals surface area (Å²) in [5.74, 6) is -0.361. The Bertz CT molecular complexity index is 1040. The number of aromatic carboxylic acids is 1. The van der Waals surface area contributed by atoms with Crippen molar-refractivity contribution in [1.82, 2.24) is 0 Å². The van der Waals surface area contributed by atoms with E-state index >= 15 is 0 Å². The number of rotatable bonds is 7. The molecule has 0 amide bonds. The number of carboxylic acids is 1. The normalized spacial score (nSPS) is 10.6. The molecule has 3 aromatic carbocycles. The smallest absolute Gasteiger partial charge is 0.339 e. The van der Waals surface area contributed by atoms with Crippen molar-refractivity contribution >= 4 is 5.97 Å². The van der Waals surface area contributed by atoms with Crippen molar-refractivity contribution in [3.63, 3.8) is 0 Å². The molecule has 3 rings (SSSR count). The first-order valence-electron chi connectivity index (χ1n) is 9.59. The molecule has 0 fully saturated rings. The monoisotopic (exact) mass is 390 g/mol. The van der Waals surface area contributed by atoms with Gasteiger partial charge in [-0.15, -0.1) is 0 Å². The zero-order valence-corrected chi connectivity index (χ0v) is 17.3. The lowest BCUT2D eigenvalue weighted by atomic mass is 10.1. The van der Waals surface area contributed by atoms with Crippen LogP contribution in [0.5, 0.6) is 11.5 Å². The molecule has 0 spiro atoms. The lowest BCUT2D eigenvalue weighted by Crippen LogP contribution is -2.07. The highest BCUT2D eigenvalue weighted by Gasteiger charge is 2.18. The molecule has 0 radical (unpaired) electrons. The molecule has 0 atom stereocenters. The Morgan fingerprint density at radius 3 is 1.90 bits per heavy atom. The summed E-state index contributed by atoms with van der Waals surface area (Å²) >= 11 is 0. The number of hydrogen-bond acceptors (Lipinski definition) is 3. The van der Waals surface area contributed by atoms with Gasteiger partial charge in [-0.25, -0.2) is 4.79 Å². The maximum Gasteiger partial charge on any atom is 0.339 e. The fourth-order valence-electron chi connectivity index (χ4n) is 3.16. The van der Waals surface area contributed by atoms with Gasteiger partial charge in [-0.2, -0.15) is 0 Å². The summed E-state index contributed by atoms with van der Waals surface area (Å²) in [6.45, 7) is 8.72. The third-order valence-corrected chi connectivity index (χ3v) is 4.97. The predicted molar refractivity (Wildman–Crippen MR) is 114 cm³/mol. The summed E-state index contributed by atoms with van der Waals surface area (Å²) in [7, 11) is 0. The van der Waals surface area contributed by atoms with Crippen molar-refractivity contribution in [3.8, 4) is 11.5 Å². The topological polar surface area (TPSA) is 55.8 Å². The van der Waals surface area contributed by atoms with Crippen molar-refractivity contribution in [2.45, 2.75) is 40.9 Å². The van der Waals surface area contributed by atoms with Gasteiger partial charge in [0.05, 0.1) is 0 Å². The van der Waals surface area contributed by atoms with E-state index in [0.29, 0.717) is 12.4 Å². The van der Waals surface area contributed by atoms with E-state index in [1.165, 1.54) is 6.07 Å². The molecule has 29 heavy (non-hydrogen) atoms. The number of aryl methyl sites for hydroxylation is 4. The molecule has 0 aliphatic rings. The van der Waals surface area contributed by atoms with Gasteiger partial charge < -0.3 is 14.6 Å². The Hall–Kier alpha value is -3.27. The van der Waals surface area contributed by atoms with E-state index in [4.69, 9.17) is 9.47 Å². The van der Waals surface area contributed by atoms with E-state index in [2.05, 4.69) is 24.3 Å². The van der Waals surface area contributed by atoms with Crippen molar-refractivity contribution in [2.75, 3.05) is 0 Å². The van der Waals surface area contributed by atoms with Crippen LogP contribution < -0.4 is 9.47 Å². The van der Waals surface area contributed by atoms with E-state index in [9.17, 15) is 9.90 Å². The quantitative estimate of drug-likeness (QED) is 0.556. The van der Waals surface area contributed by atoms with Crippen LogP contribution in [0.15, 0.2) is 54.6 Å². The second kappa shape index (κ2) is 8.82. The van der Waals surface area contributed by atoms with Gasteiger partial charge in [-0.05, 0) is 62.1 Å². The molecular weight excluding hydrogens is 364 g/mol. The molecule has 3 aromatic rings. The summed E-state index contributed by atoms with van der Waals surface area (Å²) in [5, 5.41) is 9.62. The molecule has 150 valence electrons. The molecule has 0 aliphatic carbocycles. The van der Waals surface area contributed by atoms with E-state index in [1.54, 1.807) is 12.1 Å². The van der Waals surface area contributed by atoms with E-state index in [0.717, 1.165) is 33.4 Å². The fraction of sp³-hybridized carbons (Fsp3) is 0.240. The predicted octanol–water partition coefficient (Wildman–Crippen LogP) is 5.78. The van der Waals surface area contributed by atoms with Gasteiger partial charge in [0.25, 0.3) is 0 Å². The lowest BCUT2D eigenvalue weighted by molar-refractivity contribution is 0.0690. The maximum absolute atomic E-state index is 11.7. The highest BCUT2D eigenvalue weighted by molar-refractivity contribution is 5.92. The average Bonchev–Trinajstić information content (AvgIpc) is 2.69. The number of carbonyl (C=O) groups is 1. The molecule has 0 saturated carbocycles. The molecule has 0 unspecified atom stereocenters. The SMILES string of the molecule is Cc1ccc(C)c(COc2cccc(C(=O)O)c2OCc2cc(C)ccc2C)c1. The first-order chi connectivity index (χ1) is 13.8. The minimum Gasteiger partial charge on any atom is -0.485 e. The largest absolute Gasteiger partial charge is 0.485 e. The van der Waals surface area contributed by atoms with Crippen LogP contribution >= 0.6 is 0 Å². The molecule has 0 aliphatic heterocycles. The standard InChI is InChI=1S/C25H26O4/c1-16-8-10-18(3)20(12-16)14-28-23-7-5-6-22(25(26)27)24(23)29-15-21-13-17(2)9-11-19(21)4/h5-13H,14-15H2,1-4H3,(H,26,27).